The van der Waals surface area contributed by atoms with Crippen molar-refractivity contribution in [3.8, 4) is 0 Å². The predicted molar refractivity (Wildman–Crippen MR) is 120 cm³/mol. The maximum absolute atomic E-state index is 12.6. The Balaban J connectivity index is 1.45. The largest absolute Gasteiger partial charge is 0.296 e. The molecule has 0 spiro atoms. The first-order valence-corrected chi connectivity index (χ1v) is 11.6. The number of halogens is 2. The molecule has 4 nitrogen and oxygen atoms in total. The zero-order valence-electron chi connectivity index (χ0n) is 14.5. The number of thiophene rings is 1. The van der Waals surface area contributed by atoms with Crippen LogP contribution in [0.15, 0.2) is 46.8 Å². The average molecular weight is 466 g/mol. The van der Waals surface area contributed by atoms with Crippen LogP contribution in [0.4, 0.5) is 5.13 Å². The molecule has 4 aromatic rings. The molecule has 0 radical (unpaired) electrons. The third kappa shape index (κ3) is 4.18. The lowest BCUT2D eigenvalue weighted by Crippen LogP contribution is -2.10. The van der Waals surface area contributed by atoms with E-state index < -0.39 is 0 Å². The van der Waals surface area contributed by atoms with Crippen LogP contribution >= 0.6 is 57.6 Å². The summed E-state index contributed by atoms with van der Waals surface area (Å²) in [5.41, 5.74) is 2.45. The van der Waals surface area contributed by atoms with Gasteiger partial charge in [0.2, 0.25) is 5.13 Å². The summed E-state index contributed by atoms with van der Waals surface area (Å²) in [5, 5.41) is 13.0. The van der Waals surface area contributed by atoms with Crippen LogP contribution in [0, 0.1) is 6.92 Å². The van der Waals surface area contributed by atoms with E-state index in [-0.39, 0.29) is 5.91 Å². The van der Waals surface area contributed by atoms with Gasteiger partial charge in [-0.3, -0.25) is 10.1 Å². The topological polar surface area (TPSA) is 54.9 Å². The number of rotatable bonds is 5. The second-order valence-corrected chi connectivity index (χ2v) is 10.00. The first kappa shape index (κ1) is 19.7. The van der Waals surface area contributed by atoms with E-state index in [2.05, 4.69) is 46.7 Å². The van der Waals surface area contributed by atoms with E-state index in [1.807, 2.05) is 12.1 Å². The molecule has 0 saturated carbocycles. The van der Waals surface area contributed by atoms with Crippen molar-refractivity contribution in [2.24, 2.45) is 0 Å². The van der Waals surface area contributed by atoms with Crippen LogP contribution in [0.3, 0.4) is 0 Å². The van der Waals surface area contributed by atoms with Crippen molar-refractivity contribution < 1.29 is 4.79 Å². The molecular weight excluding hydrogens is 453 g/mol. The monoisotopic (exact) mass is 465 g/mol. The molecule has 0 saturated heterocycles. The summed E-state index contributed by atoms with van der Waals surface area (Å²) in [4.78, 5) is 13.1. The first-order chi connectivity index (χ1) is 13.5. The molecule has 9 heteroatoms. The van der Waals surface area contributed by atoms with Crippen LogP contribution in [-0.4, -0.2) is 16.1 Å². The van der Waals surface area contributed by atoms with Gasteiger partial charge in [-0.15, -0.1) is 21.5 Å². The van der Waals surface area contributed by atoms with Gasteiger partial charge in [0.05, 0.1) is 10.0 Å². The first-order valence-electron chi connectivity index (χ1n) is 8.21. The van der Waals surface area contributed by atoms with E-state index >= 15 is 0 Å². The molecule has 2 heterocycles. The molecule has 0 aliphatic heterocycles. The van der Waals surface area contributed by atoms with E-state index in [0.29, 0.717) is 25.4 Å². The van der Waals surface area contributed by atoms with Crippen molar-refractivity contribution in [2.45, 2.75) is 17.0 Å². The molecule has 0 aliphatic carbocycles. The Labute approximate surface area is 183 Å². The molecule has 2 aromatic heterocycles. The summed E-state index contributed by atoms with van der Waals surface area (Å²) in [7, 11) is 0. The Morgan fingerprint density at radius 2 is 1.89 bits per heavy atom. The van der Waals surface area contributed by atoms with Gasteiger partial charge in [0.1, 0.15) is 4.88 Å². The molecule has 4 rings (SSSR count). The molecule has 0 bridgehead atoms. The van der Waals surface area contributed by atoms with Gasteiger partial charge in [-0.05, 0) is 24.6 Å². The number of carbonyl (C=O) groups excluding carboxylic acids is 1. The molecule has 1 amide bonds. The van der Waals surface area contributed by atoms with Crippen molar-refractivity contribution in [1.82, 2.24) is 10.2 Å². The second-order valence-electron chi connectivity index (χ2n) is 5.96. The molecule has 0 unspecified atom stereocenters. The van der Waals surface area contributed by atoms with Crippen molar-refractivity contribution >= 4 is 78.8 Å². The quantitative estimate of drug-likeness (QED) is 0.256. The number of nitrogens with zero attached hydrogens (tertiary/aromatic N) is 2. The number of aromatic nitrogens is 2. The number of hydrogen-bond acceptors (Lipinski definition) is 6. The molecule has 0 aliphatic rings. The number of thioether (sulfide) groups is 1. The molecular formula is C19H13Cl2N3OS3. The summed E-state index contributed by atoms with van der Waals surface area (Å²) < 4.78 is 1.66. The number of fused-ring (bicyclic) bond motifs is 1. The maximum Gasteiger partial charge on any atom is 0.269 e. The SMILES string of the molecule is Cc1ccc(CSc2nnc(NC(=O)c3sc4cccc(Cl)c4c3Cl)s2)cc1. The van der Waals surface area contributed by atoms with E-state index in [1.54, 1.807) is 17.8 Å². The molecule has 0 fully saturated rings. The maximum atomic E-state index is 12.6. The van der Waals surface area contributed by atoms with Crippen LogP contribution in [-0.2, 0) is 5.75 Å². The fourth-order valence-electron chi connectivity index (χ4n) is 2.52. The number of nitrogens with one attached hydrogen (secondary N) is 1. The van der Waals surface area contributed by atoms with Crippen molar-refractivity contribution in [3.05, 3.63) is 68.5 Å². The highest BCUT2D eigenvalue weighted by molar-refractivity contribution is 8.00. The normalized spacial score (nSPS) is 11.1. The number of anilines is 1. The Kier molecular flexibility index (Phi) is 5.89. The second kappa shape index (κ2) is 8.39. The average Bonchev–Trinajstić information content (AvgIpc) is 3.26. The van der Waals surface area contributed by atoms with Crippen LogP contribution in [0.25, 0.3) is 10.1 Å². The van der Waals surface area contributed by atoms with Gasteiger partial charge in [0, 0.05) is 15.8 Å². The van der Waals surface area contributed by atoms with Crippen LogP contribution in [0.1, 0.15) is 20.8 Å². The highest BCUT2D eigenvalue weighted by Crippen LogP contribution is 2.39. The number of carbonyl (C=O) groups is 1. The molecule has 142 valence electrons. The van der Waals surface area contributed by atoms with Crippen LogP contribution < -0.4 is 5.32 Å². The summed E-state index contributed by atoms with van der Waals surface area (Å²) in [6, 6.07) is 13.8. The third-order valence-electron chi connectivity index (χ3n) is 3.92. The molecule has 0 atom stereocenters. The number of aryl methyl sites for hydroxylation is 1. The summed E-state index contributed by atoms with van der Waals surface area (Å²) in [5.74, 6) is 0.484. The lowest BCUT2D eigenvalue weighted by atomic mass is 10.2. The third-order valence-corrected chi connectivity index (χ3v) is 7.92. The molecule has 28 heavy (non-hydrogen) atoms. The zero-order chi connectivity index (χ0) is 19.7. The van der Waals surface area contributed by atoms with Gasteiger partial charge in [-0.25, -0.2) is 0 Å². The highest BCUT2D eigenvalue weighted by Gasteiger charge is 2.20. The van der Waals surface area contributed by atoms with Gasteiger partial charge in [0.15, 0.2) is 4.34 Å². The van der Waals surface area contributed by atoms with Crippen LogP contribution in [0.2, 0.25) is 10.0 Å². The number of amides is 1. The van der Waals surface area contributed by atoms with E-state index in [1.165, 1.54) is 33.8 Å². The minimum atomic E-state index is -0.312. The van der Waals surface area contributed by atoms with E-state index in [0.717, 1.165) is 14.8 Å². The van der Waals surface area contributed by atoms with Gasteiger partial charge < -0.3 is 0 Å². The van der Waals surface area contributed by atoms with E-state index in [4.69, 9.17) is 23.2 Å². The predicted octanol–water partition coefficient (Wildman–Crippen LogP) is 6.91. The van der Waals surface area contributed by atoms with E-state index in [9.17, 15) is 4.79 Å². The highest BCUT2D eigenvalue weighted by atomic mass is 35.5. The zero-order valence-corrected chi connectivity index (χ0v) is 18.5. The van der Waals surface area contributed by atoms with Gasteiger partial charge in [-0.2, -0.15) is 0 Å². The van der Waals surface area contributed by atoms with Gasteiger partial charge in [-0.1, -0.05) is 82.2 Å². The molecule has 2 aromatic carbocycles. The number of hydrogen-bond donors (Lipinski definition) is 1. The lowest BCUT2D eigenvalue weighted by molar-refractivity contribution is 0.103. The van der Waals surface area contributed by atoms with Crippen molar-refractivity contribution in [1.29, 1.82) is 0 Å². The minimum absolute atomic E-state index is 0.312. The fourth-order valence-corrected chi connectivity index (χ4v) is 6.07. The van der Waals surface area contributed by atoms with Crippen LogP contribution in [0.5, 0.6) is 0 Å². The summed E-state index contributed by atoms with van der Waals surface area (Å²) >= 11 is 16.8. The Morgan fingerprint density at radius 3 is 2.64 bits per heavy atom. The molecule has 1 N–H and O–H groups in total. The number of benzene rings is 2. The minimum Gasteiger partial charge on any atom is -0.296 e. The van der Waals surface area contributed by atoms with Crippen molar-refractivity contribution in [3.63, 3.8) is 0 Å². The smallest absolute Gasteiger partial charge is 0.269 e. The van der Waals surface area contributed by atoms with Gasteiger partial charge >= 0.3 is 0 Å². The Morgan fingerprint density at radius 1 is 1.11 bits per heavy atom. The Bertz CT molecular complexity index is 1160. The fraction of sp³-hybridized carbons (Fsp3) is 0.105. The van der Waals surface area contributed by atoms with Gasteiger partial charge in [0.25, 0.3) is 5.91 Å². The summed E-state index contributed by atoms with van der Waals surface area (Å²) in [6.45, 7) is 2.06. The summed E-state index contributed by atoms with van der Waals surface area (Å²) in [6.07, 6.45) is 0. The Hall–Kier alpha value is -1.64. The standard InChI is InChI=1S/C19H13Cl2N3OS3/c1-10-5-7-11(8-6-10)9-26-19-24-23-18(28-19)22-17(25)16-15(21)14-12(20)3-2-4-13(14)27-16/h2-8H,9H2,1H3,(H,22,23,25). The lowest BCUT2D eigenvalue weighted by Gasteiger charge is -1.99. The van der Waals surface area contributed by atoms with Crippen molar-refractivity contribution in [2.75, 3.05) is 5.32 Å².